The van der Waals surface area contributed by atoms with Crippen LogP contribution in [0, 0.1) is 5.82 Å². The monoisotopic (exact) mass is 657 g/mol. The highest BCUT2D eigenvalue weighted by Crippen LogP contribution is 2.32. The molecule has 1 atom stereocenters. The zero-order valence-corrected chi connectivity index (χ0v) is 23.7. The number of hydrogen-bond donors (Lipinski definition) is 3. The normalized spacial score (nSPS) is 12.9. The number of aromatic nitrogens is 2. The van der Waals surface area contributed by atoms with Gasteiger partial charge in [0.15, 0.2) is 21.6 Å². The number of hydrogen-bond acceptors (Lipinski definition) is 6. The summed E-state index contributed by atoms with van der Waals surface area (Å²) in [5.41, 5.74) is 2.57. The van der Waals surface area contributed by atoms with Crippen LogP contribution in [0.2, 0.25) is 0 Å². The van der Waals surface area contributed by atoms with Crippen molar-refractivity contribution < 1.29 is 48.7 Å². The molecule has 238 valence electrons. The first-order valence-corrected chi connectivity index (χ1v) is 14.5. The number of nitrogens with zero attached hydrogens (tertiary/aromatic N) is 2. The number of anilines is 1. The molecule has 9 nitrogen and oxygen atoms in total. The second kappa shape index (κ2) is 12.3. The van der Waals surface area contributed by atoms with Crippen molar-refractivity contribution in [2.75, 3.05) is 11.6 Å². The molecule has 1 unspecified atom stereocenters. The number of alkyl halides is 6. The van der Waals surface area contributed by atoms with Crippen molar-refractivity contribution in [2.24, 2.45) is 5.73 Å². The summed E-state index contributed by atoms with van der Waals surface area (Å²) in [5, 5.41) is 7.58. The Hall–Kier alpha value is -4.77. The van der Waals surface area contributed by atoms with Crippen LogP contribution in [0.4, 0.5) is 36.4 Å². The zero-order chi connectivity index (χ0) is 33.3. The maximum absolute atomic E-state index is 15.1. The molecular weight excluding hydrogens is 635 g/mol. The standard InChI is InChI=1S/C28H22F7N5O4S/c1-45(43,44)22-8-3-2-7-18(22)16-9-10-20(19(29)12-16)38-25(41)21-13-23(27(30,31)32)39-40(21)17-6-4-5-15(11-17)14-37-26(42)24(36)28(33,34)35/h2-13,24H,14,36H2,1H3,(H,37,42)(H,38,41). The summed E-state index contributed by atoms with van der Waals surface area (Å²) in [4.78, 5) is 24.8. The summed E-state index contributed by atoms with van der Waals surface area (Å²) in [5.74, 6) is -3.78. The van der Waals surface area contributed by atoms with Gasteiger partial charge in [0, 0.05) is 24.4 Å². The largest absolute Gasteiger partial charge is 0.435 e. The van der Waals surface area contributed by atoms with Gasteiger partial charge in [-0.25, -0.2) is 17.5 Å². The van der Waals surface area contributed by atoms with Crippen LogP contribution in [0.5, 0.6) is 0 Å². The molecule has 1 heterocycles. The van der Waals surface area contributed by atoms with Crippen molar-refractivity contribution in [1.82, 2.24) is 15.1 Å². The van der Waals surface area contributed by atoms with E-state index in [2.05, 4.69) is 10.4 Å². The fourth-order valence-electron chi connectivity index (χ4n) is 4.12. The zero-order valence-electron chi connectivity index (χ0n) is 22.9. The number of nitrogens with one attached hydrogen (secondary N) is 2. The van der Waals surface area contributed by atoms with E-state index in [1.807, 2.05) is 5.32 Å². The molecule has 0 spiro atoms. The number of amides is 2. The minimum atomic E-state index is -5.00. The van der Waals surface area contributed by atoms with Crippen LogP contribution in [-0.4, -0.2) is 48.5 Å². The Bertz CT molecular complexity index is 1870. The number of benzene rings is 3. The number of sulfone groups is 1. The van der Waals surface area contributed by atoms with Gasteiger partial charge >= 0.3 is 12.4 Å². The van der Waals surface area contributed by atoms with Crippen molar-refractivity contribution in [3.63, 3.8) is 0 Å². The van der Waals surface area contributed by atoms with E-state index < -0.39 is 69.5 Å². The van der Waals surface area contributed by atoms with Gasteiger partial charge in [-0.15, -0.1) is 0 Å². The van der Waals surface area contributed by atoms with Crippen LogP contribution in [0.3, 0.4) is 0 Å². The average molecular weight is 658 g/mol. The van der Waals surface area contributed by atoms with Crippen LogP contribution in [0.15, 0.2) is 77.7 Å². The first kappa shape index (κ1) is 33.1. The summed E-state index contributed by atoms with van der Waals surface area (Å²) in [6, 6.07) is 11.8. The van der Waals surface area contributed by atoms with Crippen molar-refractivity contribution in [3.8, 4) is 16.8 Å². The number of halogens is 7. The van der Waals surface area contributed by atoms with E-state index in [1.54, 1.807) is 0 Å². The third-order valence-electron chi connectivity index (χ3n) is 6.30. The van der Waals surface area contributed by atoms with Gasteiger partial charge in [0.1, 0.15) is 11.5 Å². The van der Waals surface area contributed by atoms with Gasteiger partial charge in [0.2, 0.25) is 5.91 Å². The van der Waals surface area contributed by atoms with Gasteiger partial charge in [-0.1, -0.05) is 36.4 Å². The van der Waals surface area contributed by atoms with Crippen LogP contribution < -0.4 is 16.4 Å². The molecule has 0 saturated heterocycles. The molecule has 0 aliphatic rings. The van der Waals surface area contributed by atoms with Crippen molar-refractivity contribution in [1.29, 1.82) is 0 Å². The molecule has 3 aromatic carbocycles. The maximum atomic E-state index is 15.1. The molecule has 4 aromatic rings. The molecule has 0 radical (unpaired) electrons. The highest BCUT2D eigenvalue weighted by Gasteiger charge is 2.42. The quantitative estimate of drug-likeness (QED) is 0.232. The Morgan fingerprint density at radius 2 is 1.64 bits per heavy atom. The number of rotatable bonds is 8. The Morgan fingerprint density at radius 1 is 0.956 bits per heavy atom. The van der Waals surface area contributed by atoms with Crippen molar-refractivity contribution in [3.05, 3.63) is 95.6 Å². The number of nitrogens with two attached hydrogens (primary N) is 1. The van der Waals surface area contributed by atoms with Gasteiger partial charge in [0.25, 0.3) is 5.91 Å². The molecular formula is C28H22F7N5O4S. The number of carbonyl (C=O) groups excluding carboxylic acids is 2. The second-order valence-electron chi connectivity index (χ2n) is 9.65. The second-order valence-corrected chi connectivity index (χ2v) is 11.6. The molecule has 0 fully saturated rings. The molecule has 45 heavy (non-hydrogen) atoms. The summed E-state index contributed by atoms with van der Waals surface area (Å²) in [7, 11) is -3.69. The Morgan fingerprint density at radius 3 is 2.27 bits per heavy atom. The molecule has 0 bridgehead atoms. The predicted octanol–water partition coefficient (Wildman–Crippen LogP) is 4.86. The minimum absolute atomic E-state index is 0.0743. The molecule has 17 heteroatoms. The first-order valence-electron chi connectivity index (χ1n) is 12.6. The van der Waals surface area contributed by atoms with Gasteiger partial charge in [-0.3, -0.25) is 9.59 Å². The van der Waals surface area contributed by atoms with Crippen LogP contribution in [0.25, 0.3) is 16.8 Å². The van der Waals surface area contributed by atoms with Gasteiger partial charge in [0.05, 0.1) is 16.3 Å². The number of carbonyl (C=O) groups is 2. The average Bonchev–Trinajstić information content (AvgIpc) is 3.42. The van der Waals surface area contributed by atoms with Crippen LogP contribution >= 0.6 is 0 Å². The smallest absolute Gasteiger partial charge is 0.350 e. The van der Waals surface area contributed by atoms with E-state index in [9.17, 15) is 44.3 Å². The SMILES string of the molecule is CS(=O)(=O)c1ccccc1-c1ccc(NC(=O)c2cc(C(F)(F)F)nn2-c2cccc(CNC(=O)C(N)C(F)(F)F)c2)c(F)c1. The van der Waals surface area contributed by atoms with Crippen molar-refractivity contribution in [2.45, 2.75) is 29.8 Å². The summed E-state index contributed by atoms with van der Waals surface area (Å²) in [6.07, 6.45) is -9.03. The van der Waals surface area contributed by atoms with E-state index in [4.69, 9.17) is 5.73 Å². The fraction of sp³-hybridized carbons (Fsp3) is 0.179. The topological polar surface area (TPSA) is 136 Å². The van der Waals surface area contributed by atoms with Gasteiger partial charge in [-0.2, -0.15) is 31.4 Å². The van der Waals surface area contributed by atoms with E-state index in [1.165, 1.54) is 48.5 Å². The Balaban J connectivity index is 1.63. The fourth-order valence-corrected chi connectivity index (χ4v) is 5.03. The lowest BCUT2D eigenvalue weighted by Crippen LogP contribution is -2.49. The molecule has 0 saturated carbocycles. The highest BCUT2D eigenvalue weighted by atomic mass is 32.2. The molecule has 2 amide bonds. The third kappa shape index (κ3) is 7.66. The van der Waals surface area contributed by atoms with E-state index in [0.717, 1.165) is 24.5 Å². The maximum Gasteiger partial charge on any atom is 0.435 e. The summed E-state index contributed by atoms with van der Waals surface area (Å²) >= 11 is 0. The van der Waals surface area contributed by atoms with E-state index in [0.29, 0.717) is 10.7 Å². The summed E-state index contributed by atoms with van der Waals surface area (Å²) < 4.78 is 119. The minimum Gasteiger partial charge on any atom is -0.350 e. The first-order chi connectivity index (χ1) is 20.9. The lowest BCUT2D eigenvalue weighted by molar-refractivity contribution is -0.162. The molecule has 0 aliphatic heterocycles. The van der Waals surface area contributed by atoms with E-state index >= 15 is 4.39 Å². The lowest BCUT2D eigenvalue weighted by Gasteiger charge is -2.15. The summed E-state index contributed by atoms with van der Waals surface area (Å²) in [6.45, 7) is -0.495. The van der Waals surface area contributed by atoms with Crippen LogP contribution in [-0.2, 0) is 27.4 Å². The molecule has 0 aliphatic carbocycles. The lowest BCUT2D eigenvalue weighted by atomic mass is 10.0. The van der Waals surface area contributed by atoms with Gasteiger partial charge < -0.3 is 16.4 Å². The molecule has 4 N–H and O–H groups in total. The predicted molar refractivity (Wildman–Crippen MR) is 147 cm³/mol. The van der Waals surface area contributed by atoms with Gasteiger partial charge in [-0.05, 0) is 41.5 Å². The molecule has 4 rings (SSSR count). The van der Waals surface area contributed by atoms with E-state index in [-0.39, 0.29) is 27.3 Å². The molecule has 1 aromatic heterocycles. The Labute approximate surface area is 250 Å². The van der Waals surface area contributed by atoms with Crippen LogP contribution in [0.1, 0.15) is 21.7 Å². The third-order valence-corrected chi connectivity index (χ3v) is 7.46. The highest BCUT2D eigenvalue weighted by molar-refractivity contribution is 7.90. The van der Waals surface area contributed by atoms with Crippen molar-refractivity contribution >= 4 is 27.3 Å². The Kier molecular flexibility index (Phi) is 9.07.